The molecule has 1 nitrogen and oxygen atoms in total. The number of phenolic OH excluding ortho intramolecular Hbond substituents is 1. The van der Waals surface area contributed by atoms with Crippen LogP contribution in [0.1, 0.15) is 193 Å². The third-order valence-corrected chi connectivity index (χ3v) is 12.3. The van der Waals surface area contributed by atoms with E-state index in [1.165, 1.54) is 152 Å². The van der Waals surface area contributed by atoms with Crippen LogP contribution in [0, 0.1) is 34.0 Å². The summed E-state index contributed by atoms with van der Waals surface area (Å²) in [6, 6.07) is 4.39. The molecule has 0 heterocycles. The van der Waals surface area contributed by atoms with Crippen molar-refractivity contribution in [2.45, 2.75) is 196 Å². The smallest absolute Gasteiger partial charge is 0.119 e. The van der Waals surface area contributed by atoms with Crippen molar-refractivity contribution >= 4 is 0 Å². The van der Waals surface area contributed by atoms with Gasteiger partial charge in [-0.25, -0.2) is 0 Å². The van der Waals surface area contributed by atoms with Gasteiger partial charge in [-0.05, 0) is 115 Å². The highest BCUT2D eigenvalue weighted by Gasteiger charge is 2.31. The predicted octanol–water partition coefficient (Wildman–Crippen LogP) is 13.2. The van der Waals surface area contributed by atoms with E-state index in [-0.39, 0.29) is 10.8 Å². The average molecular weight is 593 g/mol. The van der Waals surface area contributed by atoms with E-state index in [0.29, 0.717) is 11.2 Å². The zero-order chi connectivity index (χ0) is 30.9. The topological polar surface area (TPSA) is 20.2 Å². The summed E-state index contributed by atoms with van der Waals surface area (Å²) in [7, 11) is 0. The van der Waals surface area contributed by atoms with Gasteiger partial charge in [0.2, 0.25) is 0 Å². The highest BCUT2D eigenvalue weighted by molar-refractivity contribution is 5.46. The summed E-state index contributed by atoms with van der Waals surface area (Å²) in [6.45, 7) is 15.1. The first-order valence-corrected chi connectivity index (χ1v) is 19.2. The van der Waals surface area contributed by atoms with Gasteiger partial charge in [0.15, 0.2) is 0 Å². The molecule has 43 heavy (non-hydrogen) atoms. The fourth-order valence-corrected chi connectivity index (χ4v) is 9.26. The van der Waals surface area contributed by atoms with Gasteiger partial charge in [-0.3, -0.25) is 0 Å². The maximum atomic E-state index is 11.5. The van der Waals surface area contributed by atoms with Crippen LogP contribution in [0.15, 0.2) is 12.1 Å². The van der Waals surface area contributed by atoms with E-state index in [2.05, 4.69) is 53.7 Å². The van der Waals surface area contributed by atoms with Crippen LogP contribution in [0.5, 0.6) is 5.75 Å². The molecule has 3 aliphatic rings. The minimum absolute atomic E-state index is 0.213. The Labute approximate surface area is 268 Å². The molecule has 0 atom stereocenters. The second kappa shape index (κ2) is 16.0. The van der Waals surface area contributed by atoms with E-state index in [9.17, 15) is 5.11 Å². The van der Waals surface area contributed by atoms with E-state index in [1.807, 2.05) is 0 Å². The third kappa shape index (κ3) is 11.7. The lowest BCUT2D eigenvalue weighted by molar-refractivity contribution is 0.244. The van der Waals surface area contributed by atoms with E-state index in [1.54, 1.807) is 0 Å². The number of hydrogen-bond acceptors (Lipinski definition) is 1. The molecule has 0 radical (unpaired) electrons. The standard InChI is InChI=1S/C42H72O/c1-40(2,27-24-33-16-10-7-11-17-33)30-36-22-23-39(43)38(32-42(5,6)29-26-35-20-14-9-15-21-35)37(36)31-41(3,4)28-25-34-18-12-8-13-19-34/h22-23,33-35,43H,7-21,24-32H2,1-6H3. The number of rotatable bonds is 15. The Morgan fingerprint density at radius 3 is 1.23 bits per heavy atom. The Morgan fingerprint density at radius 2 is 0.837 bits per heavy atom. The minimum atomic E-state index is 0.213. The van der Waals surface area contributed by atoms with Crippen molar-refractivity contribution in [2.75, 3.05) is 0 Å². The van der Waals surface area contributed by atoms with Gasteiger partial charge in [0.1, 0.15) is 5.75 Å². The summed E-state index contributed by atoms with van der Waals surface area (Å²) < 4.78 is 0. The molecule has 246 valence electrons. The van der Waals surface area contributed by atoms with Gasteiger partial charge in [-0.15, -0.1) is 0 Å². The Morgan fingerprint density at radius 1 is 0.488 bits per heavy atom. The zero-order valence-corrected chi connectivity index (χ0v) is 29.8. The van der Waals surface area contributed by atoms with Crippen LogP contribution in [0.2, 0.25) is 0 Å². The molecule has 1 heteroatoms. The molecule has 3 fully saturated rings. The van der Waals surface area contributed by atoms with Crippen LogP contribution in [0.3, 0.4) is 0 Å². The normalized spacial score (nSPS) is 20.5. The van der Waals surface area contributed by atoms with Crippen molar-refractivity contribution in [1.29, 1.82) is 0 Å². The lowest BCUT2D eigenvalue weighted by Gasteiger charge is -2.35. The first-order chi connectivity index (χ1) is 20.4. The van der Waals surface area contributed by atoms with Crippen molar-refractivity contribution in [3.8, 4) is 5.75 Å². The Kier molecular flexibility index (Phi) is 13.0. The molecule has 0 saturated heterocycles. The van der Waals surface area contributed by atoms with Gasteiger partial charge < -0.3 is 5.11 Å². The van der Waals surface area contributed by atoms with Gasteiger partial charge in [-0.2, -0.15) is 0 Å². The molecular weight excluding hydrogens is 520 g/mol. The lowest BCUT2D eigenvalue weighted by atomic mass is 9.70. The Hall–Kier alpha value is -0.980. The predicted molar refractivity (Wildman–Crippen MR) is 188 cm³/mol. The number of phenols is 1. The van der Waals surface area contributed by atoms with Crippen LogP contribution in [0.4, 0.5) is 0 Å². The summed E-state index contributed by atoms with van der Waals surface area (Å²) in [5.74, 6) is 3.38. The Balaban J connectivity index is 1.52. The third-order valence-electron chi connectivity index (χ3n) is 12.3. The maximum Gasteiger partial charge on any atom is 0.119 e. The molecule has 0 spiro atoms. The van der Waals surface area contributed by atoms with Crippen LogP contribution in [-0.2, 0) is 19.3 Å². The molecule has 1 aromatic rings. The molecule has 0 amide bonds. The van der Waals surface area contributed by atoms with E-state index >= 15 is 0 Å². The average Bonchev–Trinajstić information content (AvgIpc) is 2.99. The largest absolute Gasteiger partial charge is 0.508 e. The monoisotopic (exact) mass is 593 g/mol. The minimum Gasteiger partial charge on any atom is -0.508 e. The van der Waals surface area contributed by atoms with Crippen molar-refractivity contribution in [1.82, 2.24) is 0 Å². The van der Waals surface area contributed by atoms with Crippen LogP contribution in [-0.4, -0.2) is 5.11 Å². The quantitative estimate of drug-likeness (QED) is 0.215. The van der Waals surface area contributed by atoms with Gasteiger partial charge >= 0.3 is 0 Å². The van der Waals surface area contributed by atoms with Gasteiger partial charge in [0.05, 0.1) is 0 Å². The summed E-state index contributed by atoms with van der Waals surface area (Å²) in [5.41, 5.74) is 5.11. The highest BCUT2D eigenvalue weighted by Crippen LogP contribution is 2.43. The first-order valence-electron chi connectivity index (χ1n) is 19.2. The second-order valence-corrected chi connectivity index (χ2v) is 18.4. The summed E-state index contributed by atoms with van der Waals surface area (Å²) in [5, 5.41) is 11.5. The number of hydrogen-bond donors (Lipinski definition) is 1. The maximum absolute atomic E-state index is 11.5. The highest BCUT2D eigenvalue weighted by atomic mass is 16.3. The second-order valence-electron chi connectivity index (χ2n) is 18.4. The van der Waals surface area contributed by atoms with Crippen molar-refractivity contribution in [3.05, 3.63) is 28.8 Å². The van der Waals surface area contributed by atoms with Gasteiger partial charge in [-0.1, -0.05) is 144 Å². The molecule has 1 N–H and O–H groups in total. The molecule has 3 aliphatic carbocycles. The number of benzene rings is 1. The fourth-order valence-electron chi connectivity index (χ4n) is 9.26. The van der Waals surface area contributed by atoms with Crippen LogP contribution < -0.4 is 0 Å². The molecule has 0 aromatic heterocycles. The molecule has 0 aliphatic heterocycles. The summed E-state index contributed by atoms with van der Waals surface area (Å²) >= 11 is 0. The van der Waals surface area contributed by atoms with Crippen LogP contribution in [0.25, 0.3) is 0 Å². The molecular formula is C42H72O. The van der Waals surface area contributed by atoms with Crippen molar-refractivity contribution < 1.29 is 5.11 Å². The van der Waals surface area contributed by atoms with Gasteiger partial charge in [0, 0.05) is 0 Å². The van der Waals surface area contributed by atoms with E-state index in [4.69, 9.17) is 0 Å². The summed E-state index contributed by atoms with van der Waals surface area (Å²) in [6.07, 6.45) is 33.0. The van der Waals surface area contributed by atoms with E-state index in [0.717, 1.165) is 37.0 Å². The van der Waals surface area contributed by atoms with Crippen LogP contribution >= 0.6 is 0 Å². The molecule has 3 saturated carbocycles. The van der Waals surface area contributed by atoms with E-state index < -0.39 is 0 Å². The van der Waals surface area contributed by atoms with Crippen molar-refractivity contribution in [3.63, 3.8) is 0 Å². The van der Waals surface area contributed by atoms with Gasteiger partial charge in [0.25, 0.3) is 0 Å². The molecule has 0 bridgehead atoms. The molecule has 1 aromatic carbocycles. The lowest BCUT2D eigenvalue weighted by Crippen LogP contribution is -2.24. The SMILES string of the molecule is CC(C)(CCC1CCCCC1)Cc1ccc(O)c(CC(C)(C)CCC2CCCCC2)c1CC(C)(C)CCC1CCCCC1. The van der Waals surface area contributed by atoms with Crippen molar-refractivity contribution in [2.24, 2.45) is 34.0 Å². The summed E-state index contributed by atoms with van der Waals surface area (Å²) in [4.78, 5) is 0. The first kappa shape index (κ1) is 34.9. The number of aromatic hydroxyl groups is 1. The molecule has 4 rings (SSSR count). The Bertz CT molecular complexity index is 949. The fraction of sp³-hybridized carbons (Fsp3) is 0.857. The molecule has 0 unspecified atom stereocenters. The zero-order valence-electron chi connectivity index (χ0n) is 29.8.